The summed E-state index contributed by atoms with van der Waals surface area (Å²) in [5.74, 6) is 1.80. The van der Waals surface area contributed by atoms with Gasteiger partial charge >= 0.3 is 0 Å². The zero-order chi connectivity index (χ0) is 19.0. The number of H-pyrrole nitrogens is 1. The third-order valence-electron chi connectivity index (χ3n) is 4.49. The lowest BCUT2D eigenvalue weighted by atomic mass is 10.2. The summed E-state index contributed by atoms with van der Waals surface area (Å²) in [4.78, 5) is 9.45. The van der Waals surface area contributed by atoms with Crippen LogP contribution in [0.2, 0.25) is 0 Å². The number of aromatic amines is 1. The Hall–Kier alpha value is -2.99. The summed E-state index contributed by atoms with van der Waals surface area (Å²) in [7, 11) is 0. The van der Waals surface area contributed by atoms with Crippen molar-refractivity contribution in [3.63, 3.8) is 0 Å². The molecule has 0 amide bonds. The summed E-state index contributed by atoms with van der Waals surface area (Å²) in [5, 5.41) is 10.2. The fourth-order valence-corrected chi connectivity index (χ4v) is 3.70. The third-order valence-corrected chi connectivity index (χ3v) is 5.35. The molecule has 0 bridgehead atoms. The van der Waals surface area contributed by atoms with Gasteiger partial charge in [0.1, 0.15) is 5.76 Å². The van der Waals surface area contributed by atoms with Crippen molar-refractivity contribution in [3.05, 3.63) is 82.6 Å². The molecular formula is C22H24N4OS. The fraction of sp³-hybridized carbons (Fsp3) is 0.227. The van der Waals surface area contributed by atoms with Crippen LogP contribution >= 0.6 is 11.3 Å². The summed E-state index contributed by atoms with van der Waals surface area (Å²) in [5.41, 5.74) is 2.41. The van der Waals surface area contributed by atoms with Crippen LogP contribution in [0.4, 0.5) is 0 Å². The quantitative estimate of drug-likeness (QED) is 0.309. The van der Waals surface area contributed by atoms with Crippen molar-refractivity contribution in [1.29, 1.82) is 0 Å². The third kappa shape index (κ3) is 5.04. The van der Waals surface area contributed by atoms with Crippen molar-refractivity contribution in [2.45, 2.75) is 19.4 Å². The first-order valence-corrected chi connectivity index (χ1v) is 10.4. The van der Waals surface area contributed by atoms with Gasteiger partial charge in [0, 0.05) is 42.0 Å². The van der Waals surface area contributed by atoms with Crippen molar-refractivity contribution in [2.24, 2.45) is 4.99 Å². The second-order valence-electron chi connectivity index (χ2n) is 6.56. The van der Waals surface area contributed by atoms with Gasteiger partial charge in [-0.1, -0.05) is 24.3 Å². The van der Waals surface area contributed by atoms with Crippen molar-refractivity contribution in [1.82, 2.24) is 15.6 Å². The van der Waals surface area contributed by atoms with Gasteiger partial charge in [-0.05, 0) is 41.1 Å². The highest BCUT2D eigenvalue weighted by molar-refractivity contribution is 7.09. The lowest BCUT2D eigenvalue weighted by Gasteiger charge is -2.12. The number of thiophene rings is 1. The summed E-state index contributed by atoms with van der Waals surface area (Å²) >= 11 is 1.73. The number of aromatic nitrogens is 1. The number of aliphatic imine (C=N–C) groups is 1. The average molecular weight is 393 g/mol. The van der Waals surface area contributed by atoms with Gasteiger partial charge in [-0.25, -0.2) is 4.99 Å². The normalized spacial score (nSPS) is 11.8. The van der Waals surface area contributed by atoms with E-state index in [2.05, 4.69) is 63.5 Å². The van der Waals surface area contributed by atoms with Crippen molar-refractivity contribution in [3.8, 4) is 0 Å². The molecule has 5 nitrogen and oxygen atoms in total. The van der Waals surface area contributed by atoms with Crippen LogP contribution in [0.15, 0.2) is 75.7 Å². The Kier molecular flexibility index (Phi) is 6.09. The maximum Gasteiger partial charge on any atom is 0.191 e. The highest BCUT2D eigenvalue weighted by Crippen LogP contribution is 2.14. The topological polar surface area (TPSA) is 65.3 Å². The minimum atomic E-state index is 0.681. The predicted octanol–water partition coefficient (Wildman–Crippen LogP) is 4.34. The Labute approximate surface area is 168 Å². The van der Waals surface area contributed by atoms with Crippen LogP contribution in [-0.4, -0.2) is 24.0 Å². The minimum Gasteiger partial charge on any atom is -0.469 e. The molecule has 0 aliphatic heterocycles. The molecule has 0 atom stereocenters. The summed E-state index contributed by atoms with van der Waals surface area (Å²) in [6.07, 6.45) is 3.45. The highest BCUT2D eigenvalue weighted by Gasteiger charge is 2.03. The van der Waals surface area contributed by atoms with E-state index in [-0.39, 0.29) is 0 Å². The maximum absolute atomic E-state index is 5.40. The number of hydrogen-bond acceptors (Lipinski definition) is 3. The SMILES string of the molecule is c1coc(CCNC(=NCc2cccs2)NCCc2cc3ccccc3[nH]2)c1. The molecule has 144 valence electrons. The van der Waals surface area contributed by atoms with E-state index in [9.17, 15) is 0 Å². The van der Waals surface area contributed by atoms with Crippen LogP contribution in [-0.2, 0) is 19.4 Å². The molecule has 0 spiro atoms. The number of benzene rings is 1. The zero-order valence-corrected chi connectivity index (χ0v) is 16.5. The maximum atomic E-state index is 5.40. The summed E-state index contributed by atoms with van der Waals surface area (Å²) < 4.78 is 5.40. The monoisotopic (exact) mass is 392 g/mol. The molecule has 0 aliphatic carbocycles. The Morgan fingerprint density at radius 1 is 1.00 bits per heavy atom. The number of nitrogens with one attached hydrogen (secondary N) is 3. The van der Waals surface area contributed by atoms with Gasteiger partial charge in [0.25, 0.3) is 0 Å². The molecule has 0 aliphatic rings. The molecule has 4 aromatic rings. The number of furan rings is 1. The van der Waals surface area contributed by atoms with E-state index < -0.39 is 0 Å². The number of hydrogen-bond donors (Lipinski definition) is 3. The standard InChI is InChI=1S/C22H24N4OS/c1-2-8-21-17(5-1)15-18(26-21)9-11-23-22(25-16-20-7-4-14-28-20)24-12-10-19-6-3-13-27-19/h1-8,13-15,26H,9-12,16H2,(H2,23,24,25). The largest absolute Gasteiger partial charge is 0.469 e. The van der Waals surface area contributed by atoms with E-state index in [4.69, 9.17) is 9.41 Å². The molecule has 0 saturated carbocycles. The first-order chi connectivity index (χ1) is 13.9. The van der Waals surface area contributed by atoms with Crippen molar-refractivity contribution in [2.75, 3.05) is 13.1 Å². The van der Waals surface area contributed by atoms with Crippen LogP contribution < -0.4 is 10.6 Å². The molecular weight excluding hydrogens is 368 g/mol. The Morgan fingerprint density at radius 3 is 2.68 bits per heavy atom. The van der Waals surface area contributed by atoms with E-state index in [1.54, 1.807) is 17.6 Å². The predicted molar refractivity (Wildman–Crippen MR) is 116 cm³/mol. The summed E-state index contributed by atoms with van der Waals surface area (Å²) in [6, 6.07) is 18.7. The Morgan fingerprint density at radius 2 is 1.89 bits per heavy atom. The number of para-hydroxylation sites is 1. The lowest BCUT2D eigenvalue weighted by Crippen LogP contribution is -2.39. The average Bonchev–Trinajstić information content (AvgIpc) is 3.46. The molecule has 0 radical (unpaired) electrons. The highest BCUT2D eigenvalue weighted by atomic mass is 32.1. The lowest BCUT2D eigenvalue weighted by molar-refractivity contribution is 0.506. The van der Waals surface area contributed by atoms with Gasteiger partial charge in [0.2, 0.25) is 0 Å². The van der Waals surface area contributed by atoms with Gasteiger partial charge in [-0.3, -0.25) is 0 Å². The van der Waals surface area contributed by atoms with Gasteiger partial charge in [-0.2, -0.15) is 0 Å². The first-order valence-electron chi connectivity index (χ1n) is 9.50. The van der Waals surface area contributed by atoms with Gasteiger partial charge < -0.3 is 20.0 Å². The molecule has 28 heavy (non-hydrogen) atoms. The van der Waals surface area contributed by atoms with Crippen LogP contribution in [0.25, 0.3) is 10.9 Å². The Balaban J connectivity index is 1.32. The van der Waals surface area contributed by atoms with E-state index in [0.29, 0.717) is 6.54 Å². The summed E-state index contributed by atoms with van der Waals surface area (Å²) in [6.45, 7) is 2.26. The van der Waals surface area contributed by atoms with E-state index in [0.717, 1.165) is 37.7 Å². The molecule has 3 heterocycles. The first kappa shape index (κ1) is 18.4. The van der Waals surface area contributed by atoms with Crippen LogP contribution in [0.3, 0.4) is 0 Å². The van der Waals surface area contributed by atoms with Gasteiger partial charge in [0.05, 0.1) is 12.8 Å². The molecule has 0 fully saturated rings. The molecule has 1 aromatic carbocycles. The minimum absolute atomic E-state index is 0.681. The van der Waals surface area contributed by atoms with E-state index >= 15 is 0 Å². The van der Waals surface area contributed by atoms with Crippen LogP contribution in [0.5, 0.6) is 0 Å². The molecule has 0 unspecified atom stereocenters. The molecule has 3 N–H and O–H groups in total. The molecule has 4 rings (SSSR count). The van der Waals surface area contributed by atoms with Crippen LogP contribution in [0.1, 0.15) is 16.3 Å². The fourth-order valence-electron chi connectivity index (χ4n) is 3.08. The Bertz CT molecular complexity index is 969. The van der Waals surface area contributed by atoms with Gasteiger partial charge in [-0.15, -0.1) is 11.3 Å². The number of fused-ring (bicyclic) bond motifs is 1. The van der Waals surface area contributed by atoms with E-state index in [1.807, 2.05) is 12.1 Å². The number of rotatable bonds is 8. The second kappa shape index (κ2) is 9.28. The van der Waals surface area contributed by atoms with Crippen molar-refractivity contribution < 1.29 is 4.42 Å². The zero-order valence-electron chi connectivity index (χ0n) is 15.7. The van der Waals surface area contributed by atoms with E-state index in [1.165, 1.54) is 21.5 Å². The number of nitrogens with zero attached hydrogens (tertiary/aromatic N) is 1. The molecule has 6 heteroatoms. The second-order valence-corrected chi connectivity index (χ2v) is 7.59. The van der Waals surface area contributed by atoms with Gasteiger partial charge in [0.15, 0.2) is 5.96 Å². The molecule has 3 aromatic heterocycles. The van der Waals surface area contributed by atoms with Crippen LogP contribution in [0, 0.1) is 0 Å². The smallest absolute Gasteiger partial charge is 0.191 e. The van der Waals surface area contributed by atoms with Crippen molar-refractivity contribution >= 4 is 28.2 Å². The molecule has 0 saturated heterocycles. The number of guanidine groups is 1.